The van der Waals surface area contributed by atoms with E-state index in [9.17, 15) is 10.1 Å². The van der Waals surface area contributed by atoms with Gasteiger partial charge in [-0.3, -0.25) is 14.8 Å². The molecule has 1 aromatic heterocycles. The second kappa shape index (κ2) is 7.58. The Kier molecular flexibility index (Phi) is 5.25. The van der Waals surface area contributed by atoms with Crippen LogP contribution in [0.15, 0.2) is 24.5 Å². The van der Waals surface area contributed by atoms with Gasteiger partial charge in [-0.2, -0.15) is 5.26 Å². The number of nitrogens with zero attached hydrogens (tertiary/aromatic N) is 4. The average Bonchev–Trinajstić information content (AvgIpc) is 2.60. The monoisotopic (exact) mass is 338 g/mol. The maximum atomic E-state index is 12.0. The van der Waals surface area contributed by atoms with E-state index >= 15 is 0 Å². The molecule has 0 radical (unpaired) electrons. The first-order chi connectivity index (χ1) is 12.1. The Bertz CT molecular complexity index is 815. The van der Waals surface area contributed by atoms with E-state index in [4.69, 9.17) is 4.74 Å². The molecule has 1 fully saturated rings. The number of nitriles is 1. The molecule has 0 amide bonds. The molecule has 2 aromatic rings. The maximum absolute atomic E-state index is 12.0. The van der Waals surface area contributed by atoms with Gasteiger partial charge < -0.3 is 9.64 Å². The third-order valence-corrected chi connectivity index (χ3v) is 4.63. The first kappa shape index (κ1) is 17.3. The van der Waals surface area contributed by atoms with Crippen molar-refractivity contribution in [1.82, 2.24) is 9.97 Å². The molecule has 0 saturated carbocycles. The lowest BCUT2D eigenvalue weighted by molar-refractivity contribution is -0.123. The fourth-order valence-electron chi connectivity index (χ4n) is 3.76. The fraction of sp³-hybridized carbons (Fsp3) is 0.474. The summed E-state index contributed by atoms with van der Waals surface area (Å²) in [5.41, 5.74) is 2.90. The van der Waals surface area contributed by atoms with Gasteiger partial charge in [-0.15, -0.1) is 0 Å². The van der Waals surface area contributed by atoms with E-state index < -0.39 is 0 Å². The molecule has 2 atom stereocenters. The first-order valence-electron chi connectivity index (χ1n) is 8.51. The van der Waals surface area contributed by atoms with Crippen LogP contribution in [0.1, 0.15) is 25.3 Å². The normalized spacial score (nSPS) is 20.4. The number of methoxy groups -OCH3 is 1. The molecule has 0 bridgehead atoms. The second-order valence-corrected chi connectivity index (χ2v) is 6.79. The van der Waals surface area contributed by atoms with Crippen molar-refractivity contribution in [2.24, 2.45) is 11.8 Å². The Balaban J connectivity index is 1.89. The van der Waals surface area contributed by atoms with Crippen LogP contribution in [0.2, 0.25) is 0 Å². The number of ether oxygens (including phenoxy) is 1. The molecule has 6 heteroatoms. The molecule has 0 N–H and O–H groups in total. The van der Waals surface area contributed by atoms with Crippen molar-refractivity contribution in [2.45, 2.75) is 19.8 Å². The summed E-state index contributed by atoms with van der Waals surface area (Å²) in [7, 11) is 1.55. The zero-order valence-electron chi connectivity index (χ0n) is 14.6. The van der Waals surface area contributed by atoms with Crippen molar-refractivity contribution < 1.29 is 9.53 Å². The van der Waals surface area contributed by atoms with Gasteiger partial charge in [0, 0.05) is 39.0 Å². The summed E-state index contributed by atoms with van der Waals surface area (Å²) in [6.07, 6.45) is 4.83. The van der Waals surface area contributed by atoms with Gasteiger partial charge in [0.05, 0.1) is 11.3 Å². The summed E-state index contributed by atoms with van der Waals surface area (Å²) < 4.78 is 4.95. The number of hydrogen-bond donors (Lipinski definition) is 0. The van der Waals surface area contributed by atoms with Crippen LogP contribution in [0.25, 0.3) is 11.0 Å². The minimum atomic E-state index is 0.144. The van der Waals surface area contributed by atoms with Crippen LogP contribution in [0, 0.1) is 23.2 Å². The highest BCUT2D eigenvalue weighted by Crippen LogP contribution is 2.32. The molecular formula is C19H22N4O2. The summed E-state index contributed by atoms with van der Waals surface area (Å²) >= 11 is 0. The van der Waals surface area contributed by atoms with Gasteiger partial charge in [-0.25, -0.2) is 0 Å². The Labute approximate surface area is 147 Å². The predicted octanol–water partition coefficient (Wildman–Crippen LogP) is 2.57. The highest BCUT2D eigenvalue weighted by atomic mass is 16.5. The van der Waals surface area contributed by atoms with Crippen LogP contribution in [-0.4, -0.2) is 42.6 Å². The van der Waals surface area contributed by atoms with E-state index in [0.29, 0.717) is 29.3 Å². The Morgan fingerprint density at radius 2 is 2.08 bits per heavy atom. The number of anilines is 1. The number of rotatable bonds is 5. The summed E-state index contributed by atoms with van der Waals surface area (Å²) in [5, 5.41) is 9.29. The van der Waals surface area contributed by atoms with Gasteiger partial charge in [0.2, 0.25) is 0 Å². The van der Waals surface area contributed by atoms with Crippen molar-refractivity contribution in [2.75, 3.05) is 31.7 Å². The molecule has 1 aliphatic rings. The molecule has 0 unspecified atom stereocenters. The van der Waals surface area contributed by atoms with Crippen molar-refractivity contribution in [3.8, 4) is 6.07 Å². The van der Waals surface area contributed by atoms with E-state index in [1.54, 1.807) is 25.6 Å². The van der Waals surface area contributed by atoms with Crippen LogP contribution in [0.5, 0.6) is 0 Å². The van der Waals surface area contributed by atoms with Crippen molar-refractivity contribution in [3.63, 3.8) is 0 Å². The number of Topliss-reactive ketones (excluding diaryl/α,β-unsaturated/α-hetero) is 1. The standard InChI is InChI=1S/C19H22N4O2/c1-13-7-14(8-16(24)12-25-2)11-23(10-13)17-4-3-15(9-20)18-19(17)22-6-5-21-18/h3-6,13-14H,7-8,10-12H2,1-2H3/t13-,14-/m0/s1. The fourth-order valence-corrected chi connectivity index (χ4v) is 3.76. The predicted molar refractivity (Wildman–Crippen MR) is 95.2 cm³/mol. The van der Waals surface area contributed by atoms with Crippen molar-refractivity contribution in [1.29, 1.82) is 5.26 Å². The number of carbonyl (C=O) groups excluding carboxylic acids is 1. The zero-order valence-corrected chi connectivity index (χ0v) is 14.6. The smallest absolute Gasteiger partial charge is 0.158 e. The summed E-state index contributed by atoms with van der Waals surface area (Å²) in [5.74, 6) is 0.927. The minimum Gasteiger partial charge on any atom is -0.377 e. The number of fused-ring (bicyclic) bond motifs is 1. The average molecular weight is 338 g/mol. The first-order valence-corrected chi connectivity index (χ1v) is 8.51. The van der Waals surface area contributed by atoms with Crippen LogP contribution in [0.3, 0.4) is 0 Å². The quantitative estimate of drug-likeness (QED) is 0.834. The van der Waals surface area contributed by atoms with Gasteiger partial charge >= 0.3 is 0 Å². The van der Waals surface area contributed by atoms with Gasteiger partial charge in [0.1, 0.15) is 23.7 Å². The van der Waals surface area contributed by atoms with Gasteiger partial charge in [0.25, 0.3) is 0 Å². The largest absolute Gasteiger partial charge is 0.377 e. The lowest BCUT2D eigenvalue weighted by Crippen LogP contribution is -2.40. The van der Waals surface area contributed by atoms with Crippen LogP contribution in [0.4, 0.5) is 5.69 Å². The van der Waals surface area contributed by atoms with Crippen LogP contribution < -0.4 is 4.90 Å². The SMILES string of the molecule is COCC(=O)C[C@@H]1C[C@H](C)CN(c2ccc(C#N)c3nccnc23)C1. The van der Waals surface area contributed by atoms with E-state index in [1.807, 2.05) is 6.07 Å². The number of aromatic nitrogens is 2. The van der Waals surface area contributed by atoms with Gasteiger partial charge in [-0.05, 0) is 30.4 Å². The number of benzene rings is 1. The lowest BCUT2D eigenvalue weighted by Gasteiger charge is -2.38. The number of hydrogen-bond acceptors (Lipinski definition) is 6. The molecule has 1 aliphatic heterocycles. The third-order valence-electron chi connectivity index (χ3n) is 4.63. The van der Waals surface area contributed by atoms with E-state index in [0.717, 1.165) is 30.7 Å². The third kappa shape index (κ3) is 3.77. The Morgan fingerprint density at radius 3 is 2.80 bits per heavy atom. The number of carbonyl (C=O) groups is 1. The molecule has 25 heavy (non-hydrogen) atoms. The van der Waals surface area contributed by atoms with Crippen LogP contribution >= 0.6 is 0 Å². The van der Waals surface area contributed by atoms with E-state index in [1.165, 1.54) is 0 Å². The summed E-state index contributed by atoms with van der Waals surface area (Å²) in [6, 6.07) is 5.93. The summed E-state index contributed by atoms with van der Waals surface area (Å²) in [6.45, 7) is 4.09. The molecule has 2 heterocycles. The highest BCUT2D eigenvalue weighted by molar-refractivity contribution is 5.92. The Hall–Kier alpha value is -2.52. The molecule has 0 aliphatic carbocycles. The second-order valence-electron chi connectivity index (χ2n) is 6.79. The molecule has 0 spiro atoms. The maximum Gasteiger partial charge on any atom is 0.158 e. The number of piperidine rings is 1. The Morgan fingerprint density at radius 1 is 1.32 bits per heavy atom. The molecular weight excluding hydrogens is 316 g/mol. The molecule has 1 aromatic carbocycles. The van der Waals surface area contributed by atoms with Crippen molar-refractivity contribution in [3.05, 3.63) is 30.1 Å². The topological polar surface area (TPSA) is 79.1 Å². The van der Waals surface area contributed by atoms with Gasteiger partial charge in [0.15, 0.2) is 5.78 Å². The minimum absolute atomic E-state index is 0.144. The molecule has 1 saturated heterocycles. The summed E-state index contributed by atoms with van der Waals surface area (Å²) in [4.78, 5) is 23.0. The van der Waals surface area contributed by atoms with E-state index in [2.05, 4.69) is 27.9 Å². The van der Waals surface area contributed by atoms with Crippen LogP contribution in [-0.2, 0) is 9.53 Å². The van der Waals surface area contributed by atoms with Gasteiger partial charge in [-0.1, -0.05) is 6.92 Å². The molecule has 6 nitrogen and oxygen atoms in total. The van der Waals surface area contributed by atoms with Crippen molar-refractivity contribution >= 4 is 22.5 Å². The zero-order chi connectivity index (χ0) is 17.8. The van der Waals surface area contributed by atoms with E-state index in [-0.39, 0.29) is 12.4 Å². The molecule has 3 rings (SSSR count). The lowest BCUT2D eigenvalue weighted by atomic mass is 9.86. The number of ketones is 1. The molecule has 130 valence electrons. The highest BCUT2D eigenvalue weighted by Gasteiger charge is 2.28.